The monoisotopic (exact) mass is 958 g/mol. The Bertz CT molecular complexity index is 2490. The van der Waals surface area contributed by atoms with E-state index in [1.165, 1.54) is 138 Å². The van der Waals surface area contributed by atoms with Crippen LogP contribution in [-0.2, 0) is 33.1 Å². The molecule has 2 fully saturated rings. The lowest BCUT2D eigenvalue weighted by Gasteiger charge is -2.38. The molecule has 370 valence electrons. The zero-order valence-electron chi connectivity index (χ0n) is 41.0. The summed E-state index contributed by atoms with van der Waals surface area (Å²) in [5.41, 5.74) is 9.13. The summed E-state index contributed by atoms with van der Waals surface area (Å²) in [6, 6.07) is 42.3. The van der Waals surface area contributed by atoms with Crippen molar-refractivity contribution in [3.05, 3.63) is 207 Å². The number of benzene rings is 3. The number of aliphatic hydroxyl groups is 1. The van der Waals surface area contributed by atoms with E-state index >= 15 is 0 Å². The van der Waals surface area contributed by atoms with Crippen molar-refractivity contribution in [2.75, 3.05) is 20.8 Å². The van der Waals surface area contributed by atoms with E-state index in [4.69, 9.17) is 9.84 Å². The fourth-order valence-corrected chi connectivity index (χ4v) is 9.96. The van der Waals surface area contributed by atoms with Gasteiger partial charge in [0, 0.05) is 18.5 Å². The minimum absolute atomic E-state index is 0.0492. The van der Waals surface area contributed by atoms with Gasteiger partial charge in [0.25, 0.3) is 5.69 Å². The van der Waals surface area contributed by atoms with E-state index in [9.17, 15) is 24.5 Å². The van der Waals surface area contributed by atoms with Crippen LogP contribution >= 0.6 is 0 Å². The summed E-state index contributed by atoms with van der Waals surface area (Å²) < 4.78 is 9.08. The molecule has 0 radical (unpaired) electrons. The predicted molar refractivity (Wildman–Crippen MR) is 276 cm³/mol. The van der Waals surface area contributed by atoms with Gasteiger partial charge in [-0.25, -0.2) is 19.6 Å². The molecule has 0 atom stereocenters. The SMILES string of the molecule is C1=C(c2ccccc2)CCCC1.COC(=O)c1ccc(CC2(c3ccccc3)CCCCC2)cn1.COC(=O)c1ccc([N+](=O)[O-])cn1.O=C(CO)c1ccc(CC2(c3ccccc3)CCCCC2)cn1. The molecular formula is C59H66N4O8. The van der Waals surface area contributed by atoms with E-state index in [2.05, 4.69) is 117 Å². The Kier molecular flexibility index (Phi) is 20.4. The Hall–Kier alpha value is -7.18. The van der Waals surface area contributed by atoms with Crippen molar-refractivity contribution in [3.8, 4) is 0 Å². The largest absolute Gasteiger partial charge is 0.464 e. The van der Waals surface area contributed by atoms with Crippen molar-refractivity contribution in [1.82, 2.24) is 15.0 Å². The van der Waals surface area contributed by atoms with E-state index in [-0.39, 0.29) is 34.0 Å². The number of Topliss-reactive ketones (excluding diaryl/α,β-unsaturated/α-hetero) is 1. The van der Waals surface area contributed by atoms with Crippen molar-refractivity contribution in [2.45, 2.75) is 114 Å². The maximum atomic E-state index is 11.5. The number of nitrogens with zero attached hydrogens (tertiary/aromatic N) is 4. The molecule has 12 nitrogen and oxygen atoms in total. The van der Waals surface area contributed by atoms with Crippen molar-refractivity contribution < 1.29 is 33.9 Å². The second kappa shape index (κ2) is 27.3. The number of hydrogen-bond donors (Lipinski definition) is 1. The van der Waals surface area contributed by atoms with Crippen LogP contribution in [0, 0.1) is 10.1 Å². The average Bonchev–Trinajstić information content (AvgIpc) is 3.45. The van der Waals surface area contributed by atoms with Crippen molar-refractivity contribution in [2.24, 2.45) is 0 Å². The second-order valence-electron chi connectivity index (χ2n) is 18.4. The minimum atomic E-state index is -0.616. The van der Waals surface area contributed by atoms with Gasteiger partial charge in [-0.1, -0.05) is 148 Å². The lowest BCUT2D eigenvalue weighted by molar-refractivity contribution is -0.385. The maximum absolute atomic E-state index is 11.5. The highest BCUT2D eigenvalue weighted by atomic mass is 16.6. The number of ether oxygens (including phenoxy) is 2. The summed E-state index contributed by atoms with van der Waals surface area (Å²) >= 11 is 0. The third-order valence-corrected chi connectivity index (χ3v) is 13.7. The molecule has 12 heteroatoms. The number of allylic oxidation sites excluding steroid dienone is 2. The Morgan fingerprint density at radius 2 is 1.01 bits per heavy atom. The molecule has 6 aromatic rings. The number of pyridine rings is 3. The Balaban J connectivity index is 0.000000161. The van der Waals surface area contributed by atoms with Gasteiger partial charge in [0.2, 0.25) is 5.78 Å². The average molecular weight is 959 g/mol. The second-order valence-corrected chi connectivity index (χ2v) is 18.4. The lowest BCUT2D eigenvalue weighted by atomic mass is 9.66. The first-order chi connectivity index (χ1) is 34.6. The van der Waals surface area contributed by atoms with E-state index < -0.39 is 17.5 Å². The summed E-state index contributed by atoms with van der Waals surface area (Å²) in [6.07, 6.45) is 26.8. The zero-order chi connectivity index (χ0) is 50.3. The zero-order valence-corrected chi connectivity index (χ0v) is 41.0. The number of ketones is 1. The summed E-state index contributed by atoms with van der Waals surface area (Å²) in [5.74, 6) is -1.33. The molecule has 3 aliphatic carbocycles. The molecule has 0 saturated heterocycles. The molecule has 0 amide bonds. The summed E-state index contributed by atoms with van der Waals surface area (Å²) in [6.45, 7) is -0.486. The Morgan fingerprint density at radius 3 is 1.39 bits per heavy atom. The van der Waals surface area contributed by atoms with Crippen LogP contribution in [0.4, 0.5) is 5.69 Å². The van der Waals surface area contributed by atoms with E-state index in [0.29, 0.717) is 11.4 Å². The van der Waals surface area contributed by atoms with Crippen LogP contribution < -0.4 is 0 Å². The number of carbonyl (C=O) groups excluding carboxylic acids is 3. The number of nitro groups is 1. The Morgan fingerprint density at radius 1 is 0.563 bits per heavy atom. The van der Waals surface area contributed by atoms with Gasteiger partial charge in [0.15, 0.2) is 0 Å². The fraction of sp³-hybridized carbons (Fsp3) is 0.356. The smallest absolute Gasteiger partial charge is 0.356 e. The molecule has 3 aliphatic rings. The first-order valence-electron chi connectivity index (χ1n) is 24.8. The third kappa shape index (κ3) is 15.4. The molecule has 3 aromatic carbocycles. The van der Waals surface area contributed by atoms with Gasteiger partial charge in [0.1, 0.15) is 29.9 Å². The first kappa shape index (κ1) is 53.2. The van der Waals surface area contributed by atoms with Gasteiger partial charge in [-0.15, -0.1) is 0 Å². The molecule has 0 aliphatic heterocycles. The van der Waals surface area contributed by atoms with E-state index in [1.54, 1.807) is 23.9 Å². The van der Waals surface area contributed by atoms with Gasteiger partial charge >= 0.3 is 11.9 Å². The maximum Gasteiger partial charge on any atom is 0.356 e. The summed E-state index contributed by atoms with van der Waals surface area (Å²) in [5, 5.41) is 19.1. The number of hydrogen-bond acceptors (Lipinski definition) is 11. The third-order valence-electron chi connectivity index (χ3n) is 13.7. The standard InChI is InChI=1S/2C20H23NO2.C12H14.C7H6N2O4/c1-23-19(22)18-11-10-16(15-21-18)14-20(12-6-3-7-13-20)17-8-4-2-5-9-17;22-15-19(23)18-10-9-16(14-21-18)13-20(11-5-2-6-12-20)17-7-3-1-4-8-17;1-3-7-11(8-4-1)12-9-5-2-6-10-12;1-13-7(10)6-3-2-5(4-8-6)9(11)12/h2,4-5,8-11,15H,3,6-7,12-14H2,1H3;1,3-4,7-10,14,22H,2,5-6,11-13,15H2;1,3-4,7-9H,2,5-6,10H2;2-4H,1H3. The van der Waals surface area contributed by atoms with Crippen LogP contribution in [0.5, 0.6) is 0 Å². The summed E-state index contributed by atoms with van der Waals surface area (Å²) in [4.78, 5) is 55.5. The van der Waals surface area contributed by atoms with Crippen molar-refractivity contribution in [1.29, 1.82) is 0 Å². The molecule has 3 aromatic heterocycles. The first-order valence-corrected chi connectivity index (χ1v) is 24.8. The van der Waals surface area contributed by atoms with Gasteiger partial charge in [0.05, 0.1) is 19.1 Å². The number of carbonyl (C=O) groups is 3. The number of rotatable bonds is 12. The van der Waals surface area contributed by atoms with Crippen molar-refractivity contribution in [3.63, 3.8) is 0 Å². The van der Waals surface area contributed by atoms with E-state index in [1.807, 2.05) is 18.3 Å². The minimum Gasteiger partial charge on any atom is -0.464 e. The number of aromatic nitrogens is 3. The molecule has 3 heterocycles. The molecule has 71 heavy (non-hydrogen) atoms. The highest BCUT2D eigenvalue weighted by Gasteiger charge is 2.35. The van der Waals surface area contributed by atoms with Crippen molar-refractivity contribution >= 4 is 29.0 Å². The number of esters is 2. The molecule has 0 unspecified atom stereocenters. The number of methoxy groups -OCH3 is 2. The van der Waals surface area contributed by atoms with Gasteiger partial charge < -0.3 is 14.6 Å². The van der Waals surface area contributed by atoms with Crippen LogP contribution in [-0.4, -0.2) is 63.5 Å². The molecule has 0 bridgehead atoms. The molecule has 0 spiro atoms. The summed E-state index contributed by atoms with van der Waals surface area (Å²) in [7, 11) is 2.59. The van der Waals surface area contributed by atoms with Crippen LogP contribution in [0.2, 0.25) is 0 Å². The lowest BCUT2D eigenvalue weighted by Crippen LogP contribution is -2.31. The highest BCUT2D eigenvalue weighted by molar-refractivity contribution is 5.95. The molecule has 9 rings (SSSR count). The van der Waals surface area contributed by atoms with Gasteiger partial charge in [-0.05, 0) is 127 Å². The fourth-order valence-electron chi connectivity index (χ4n) is 9.96. The molecule has 1 N–H and O–H groups in total. The normalized spacial score (nSPS) is 15.5. The topological polar surface area (TPSA) is 172 Å². The Labute approximate surface area is 417 Å². The molecular weight excluding hydrogens is 893 g/mol. The van der Waals surface area contributed by atoms with Crippen LogP contribution in [0.3, 0.4) is 0 Å². The highest BCUT2D eigenvalue weighted by Crippen LogP contribution is 2.43. The quantitative estimate of drug-likeness (QED) is 0.0535. The van der Waals surface area contributed by atoms with Crippen LogP contribution in [0.25, 0.3) is 5.57 Å². The van der Waals surface area contributed by atoms with Gasteiger partial charge in [-0.3, -0.25) is 19.9 Å². The predicted octanol–water partition coefficient (Wildman–Crippen LogP) is 12.4. The van der Waals surface area contributed by atoms with Gasteiger partial charge in [-0.2, -0.15) is 0 Å². The molecule has 2 saturated carbocycles. The van der Waals surface area contributed by atoms with E-state index in [0.717, 1.165) is 24.6 Å². The number of aliphatic hydroxyl groups excluding tert-OH is 1. The van der Waals surface area contributed by atoms with Crippen LogP contribution in [0.15, 0.2) is 152 Å². The van der Waals surface area contributed by atoms with Crippen LogP contribution in [0.1, 0.15) is 149 Å².